The first-order valence-electron chi connectivity index (χ1n) is 46.0. The van der Waals surface area contributed by atoms with Crippen LogP contribution in [-0.2, 0) is 38.9 Å². The lowest BCUT2D eigenvalue weighted by atomic mass is 9.95. The van der Waals surface area contributed by atoms with Crippen LogP contribution in [0.15, 0.2) is 64.6 Å². The lowest BCUT2D eigenvalue weighted by Crippen LogP contribution is -2.37. The van der Waals surface area contributed by atoms with Crippen molar-refractivity contribution in [3.8, 4) is 0 Å². The summed E-state index contributed by atoms with van der Waals surface area (Å²) in [6.45, 7) is 25.9. The van der Waals surface area contributed by atoms with Crippen LogP contribution >= 0.6 is 23.5 Å². The molecule has 7 aliphatic heterocycles. The lowest BCUT2D eigenvalue weighted by molar-refractivity contribution is -0.227. The number of halogens is 7. The summed E-state index contributed by atoms with van der Waals surface area (Å²) in [7, 11) is 0. The molecule has 0 unspecified atom stereocenters. The number of thioether (sulfide) groups is 2. The van der Waals surface area contributed by atoms with Crippen LogP contribution in [0.1, 0.15) is 198 Å². The van der Waals surface area contributed by atoms with Gasteiger partial charge in [-0.2, -0.15) is 35.7 Å². The van der Waals surface area contributed by atoms with Gasteiger partial charge in [-0.1, -0.05) is 55.4 Å². The van der Waals surface area contributed by atoms with Crippen molar-refractivity contribution in [3.05, 3.63) is 141 Å². The Labute approximate surface area is 813 Å². The zero-order valence-corrected chi connectivity index (χ0v) is 82.0. The molecule has 46 nitrogen and oxygen atoms in total. The molecule has 14 aromatic heterocycles. The Balaban J connectivity index is 0.000000125. The predicted octanol–water partition coefficient (Wildman–Crippen LogP) is 6.31. The van der Waals surface area contributed by atoms with Gasteiger partial charge in [0.05, 0.1) is 127 Å². The number of H-pyrrole nitrogens is 1. The second-order valence-corrected chi connectivity index (χ2v) is 36.9. The maximum atomic E-state index is 14.7. The number of aromatic nitrogens is 28. The van der Waals surface area contributed by atoms with Crippen molar-refractivity contribution >= 4 is 80.5 Å². The quantitative estimate of drug-likeness (QED) is 0.0373. The first-order valence-corrected chi connectivity index (χ1v) is 48.4. The molecule has 0 bridgehead atoms. The number of aliphatic hydroxyl groups excluding tert-OH is 6. The topological polar surface area (TPSA) is 606 Å². The zero-order valence-electron chi connectivity index (χ0n) is 80.3. The maximum Gasteiger partial charge on any atom is 0.294 e. The molecule has 7 saturated heterocycles. The van der Waals surface area contributed by atoms with E-state index in [4.69, 9.17) is 65.7 Å². The summed E-state index contributed by atoms with van der Waals surface area (Å²) >= 11 is 2.93. The van der Waals surface area contributed by atoms with Crippen molar-refractivity contribution in [1.29, 1.82) is 0 Å². The first-order chi connectivity index (χ1) is 67.7. The molecule has 7 aliphatic rings. The highest BCUT2D eigenvalue weighted by Gasteiger charge is 2.57. The fraction of sp³-hybridized carbons (Fsp3) is 0.598. The minimum atomic E-state index is -2.03. The molecule has 7 fully saturated rings. The van der Waals surface area contributed by atoms with E-state index < -0.39 is 154 Å². The fourth-order valence-corrected chi connectivity index (χ4v) is 19.4. The molecule has 768 valence electrons. The van der Waals surface area contributed by atoms with Gasteiger partial charge in [-0.3, -0.25) is 4.79 Å². The van der Waals surface area contributed by atoms with Gasteiger partial charge in [0.15, 0.2) is 76.0 Å². The number of nitrogens with one attached hydrogen (secondary N) is 1. The average molecular weight is 2030 g/mol. The van der Waals surface area contributed by atoms with Crippen molar-refractivity contribution in [2.24, 2.45) is 23.7 Å². The molecule has 0 aliphatic carbocycles. The van der Waals surface area contributed by atoms with E-state index in [1.54, 1.807) is 80.6 Å². The highest BCUT2D eigenvalue weighted by atomic mass is 32.2. The van der Waals surface area contributed by atoms with Gasteiger partial charge in [-0.15, -0.1) is 23.5 Å². The van der Waals surface area contributed by atoms with Gasteiger partial charge < -0.3 is 91.1 Å². The molecule has 14 aromatic rings. The highest BCUT2D eigenvalue weighted by molar-refractivity contribution is 7.99. The third-order valence-corrected chi connectivity index (χ3v) is 27.3. The van der Waals surface area contributed by atoms with Gasteiger partial charge in [0.25, 0.3) is 5.56 Å². The third-order valence-electron chi connectivity index (χ3n) is 25.9. The van der Waals surface area contributed by atoms with Crippen LogP contribution in [0.5, 0.6) is 0 Å². The smallest absolute Gasteiger partial charge is 0.294 e. The van der Waals surface area contributed by atoms with Crippen molar-refractivity contribution < 1.29 is 99.6 Å². The van der Waals surface area contributed by atoms with Crippen LogP contribution in [0, 0.1) is 72.1 Å². The SMILES string of the molecule is CC[C@H]1O[C@@H](c2cnc3c(N)nc(C)nn23)[C@H](F)[C@@H]1C.CC[C@H]1O[C@@H](c2cnc3c(N)nc(C)nn23)[C@H](F)[C@@H]1C.CC[C@H]1O[C@@H](c2cnc3c(SC)nc(C)nn23)[C@H](F)[C@@H]1C.CC[C@H]1O[C@@](O)(c2cnc3c(SC)nc(C)nn23)[C@H](F)[C@@H]1C.Cc1nc(N)c2ncc([C@@H]3O[C@H](CO)[C@@H](O)[C@H]3F)n2n1.Cc1ncnn2c([C@@H]3O[C@H](CO)[C@@H](O)[C@H]3F)cnc12.Cc1nn2c([C@@H]3O[C@H](CO)[C@@H](O)[C@H]3F)cnc2c(=O)[nH]1. The van der Waals surface area contributed by atoms with Gasteiger partial charge in [-0.25, -0.2) is 127 Å². The number of rotatable bonds is 16. The zero-order chi connectivity index (χ0) is 103. The summed E-state index contributed by atoms with van der Waals surface area (Å²) in [6, 6.07) is 0. The minimum absolute atomic E-state index is 0.0170. The van der Waals surface area contributed by atoms with Crippen molar-refractivity contribution in [2.45, 2.75) is 286 Å². The number of nitrogen functional groups attached to an aromatic ring is 3. The monoisotopic (exact) mass is 2030 g/mol. The second kappa shape index (κ2) is 43.3. The van der Waals surface area contributed by atoms with Crippen LogP contribution in [0.25, 0.3) is 39.5 Å². The molecule has 142 heavy (non-hydrogen) atoms. The standard InChI is InChI=1S/C14H19FN4O2S.C14H19FN4OS.2C13H18FN5O.C11H14FN5O3.C11H13FN4O4.C11H13FN4O3/c1-5-9-7(2)11(15)14(20,21-9)10-6-16-12-13(22-4)17-8(3)18-19(10)12;1-5-10-7(2)11(15)12(20-10)9-6-16-13-14(21-4)17-8(3)18-19(9)13;2*1-4-9-6(2)10(14)11(20-9)8-5-16-13-12(15)17-7(3)18-19(8)13;1-4-15-10(13)11-14-2-5(17(11)16-4)9-7(12)8(19)6(3-18)20-9;1-4-14-11(19)10-13-2-5(16(10)15-4)9-7(12)8(18)6(3-17)20-9;1-5-11-13-2-6(16(11)15-4-14-5)10-8(12)9(18)7(3-17)19-10/h6-7,9,11,20H,5H2,1-4H3;6-7,10-12H,5H2,1-4H3;2*5-6,9-11H,4H2,1-3H3,(H2,15,17,18);2,6-9,18-19H,3H2,1H3,(H2,13,15,16);2,6-9,17-18H,3H2,1H3,(H,14,15,19);2,4,7-10,17-18H,3H2,1H3/t7-,9-,11-,14+;7-,10-,11-,12+;2*6-,9-,10-,11+;2*6-,7-,8-,9+;7-,8-,9-,10+/m1111111/s1. The number of nitrogens with two attached hydrogens (primary N) is 3. The molecule has 21 rings (SSSR count). The number of imidazole rings is 7. The molecule has 0 aromatic carbocycles. The van der Waals surface area contributed by atoms with E-state index in [0.717, 1.165) is 24.3 Å². The molecule has 0 radical (unpaired) electrons. The first kappa shape index (κ1) is 105. The van der Waals surface area contributed by atoms with E-state index in [-0.39, 0.29) is 76.7 Å². The Morgan fingerprint density at radius 3 is 1.01 bits per heavy atom. The fourth-order valence-electron chi connectivity index (χ4n) is 18.3. The lowest BCUT2D eigenvalue weighted by Gasteiger charge is -2.24. The molecule has 0 spiro atoms. The number of aromatic amines is 1. The summed E-state index contributed by atoms with van der Waals surface area (Å²) in [5.74, 6) is 0.861. The van der Waals surface area contributed by atoms with E-state index >= 15 is 0 Å². The summed E-state index contributed by atoms with van der Waals surface area (Å²) in [5, 5.41) is 97.7. The Morgan fingerprint density at radius 1 is 0.380 bits per heavy atom. The van der Waals surface area contributed by atoms with Crippen LogP contribution in [0.2, 0.25) is 0 Å². The van der Waals surface area contributed by atoms with E-state index in [0.29, 0.717) is 114 Å². The van der Waals surface area contributed by atoms with E-state index in [1.165, 1.54) is 72.7 Å². The molecule has 14 N–H and O–H groups in total. The number of hydrogen-bond acceptors (Lipinski definition) is 40. The highest BCUT2D eigenvalue weighted by Crippen LogP contribution is 2.48. The van der Waals surface area contributed by atoms with E-state index in [2.05, 4.69) is 105 Å². The van der Waals surface area contributed by atoms with Crippen LogP contribution < -0.4 is 22.8 Å². The summed E-state index contributed by atoms with van der Waals surface area (Å²) in [5.41, 5.74) is 23.4. The number of anilines is 3. The molecule has 0 amide bonds. The van der Waals surface area contributed by atoms with Gasteiger partial charge in [0.1, 0.15) is 149 Å². The number of fused-ring (bicyclic) bond motifs is 7. The molecule has 55 heteroatoms. The van der Waals surface area contributed by atoms with Crippen molar-refractivity contribution in [2.75, 3.05) is 49.5 Å². The predicted molar refractivity (Wildman–Crippen MR) is 494 cm³/mol. The van der Waals surface area contributed by atoms with Crippen LogP contribution in [0.4, 0.5) is 48.2 Å². The van der Waals surface area contributed by atoms with Gasteiger partial charge >= 0.3 is 0 Å². The van der Waals surface area contributed by atoms with Gasteiger partial charge in [-0.05, 0) is 86.7 Å². The molecule has 21 heterocycles. The van der Waals surface area contributed by atoms with Gasteiger partial charge in [0, 0.05) is 23.7 Å². The summed E-state index contributed by atoms with van der Waals surface area (Å²) in [4.78, 5) is 67.9. The molecule has 28 atom stereocenters. The largest absolute Gasteiger partial charge is 0.394 e. The van der Waals surface area contributed by atoms with Crippen molar-refractivity contribution in [3.63, 3.8) is 0 Å². The second-order valence-electron chi connectivity index (χ2n) is 35.3. The van der Waals surface area contributed by atoms with Crippen LogP contribution in [0.3, 0.4) is 0 Å². The number of nitrogens with zero attached hydrogens (tertiary/aromatic N) is 27. The molecular formula is C87H114F7N31O15S2. The Bertz CT molecular complexity index is 6580. The number of aliphatic hydroxyl groups is 7. The number of aryl methyl sites for hydroxylation is 7. The number of hydrogen-bond donors (Lipinski definition) is 11. The molecule has 0 saturated carbocycles. The Hall–Kier alpha value is -11.3. The summed E-state index contributed by atoms with van der Waals surface area (Å²) < 4.78 is 150. The summed E-state index contributed by atoms with van der Waals surface area (Å²) in [6.07, 6.45) is -4.06. The van der Waals surface area contributed by atoms with Crippen LogP contribution in [-0.4, -0.2) is 309 Å². The average Bonchev–Trinajstić information content (AvgIpc) is 1.53. The number of alkyl halides is 7. The third kappa shape index (κ3) is 19.9. The maximum absolute atomic E-state index is 14.7. The Morgan fingerprint density at radius 2 is 0.676 bits per heavy atom. The Kier molecular flexibility index (Phi) is 32.0. The number of ether oxygens (including phenoxy) is 7. The van der Waals surface area contributed by atoms with Crippen molar-refractivity contribution in [1.82, 2.24) is 137 Å². The minimum Gasteiger partial charge on any atom is -0.394 e. The van der Waals surface area contributed by atoms with E-state index in [1.807, 2.05) is 67.9 Å². The normalized spacial score (nSPS) is 30.5. The van der Waals surface area contributed by atoms with E-state index in [9.17, 15) is 56.0 Å². The van der Waals surface area contributed by atoms with Gasteiger partial charge in [0.2, 0.25) is 11.4 Å². The molecular weight excluding hydrogens is 1920 g/mol.